The monoisotopic (exact) mass is 490 g/mol. The Morgan fingerprint density at radius 2 is 1.97 bits per heavy atom. The van der Waals surface area contributed by atoms with Crippen molar-refractivity contribution < 1.29 is 19.1 Å². The van der Waals surface area contributed by atoms with Gasteiger partial charge in [0.1, 0.15) is 11.5 Å². The molecule has 0 bridgehead atoms. The molecule has 5 rings (SSSR count). The van der Waals surface area contributed by atoms with E-state index < -0.39 is 4.92 Å². The number of methoxy groups -OCH3 is 1. The third-order valence-corrected chi connectivity index (χ3v) is 6.57. The highest BCUT2D eigenvalue weighted by Crippen LogP contribution is 2.37. The van der Waals surface area contributed by atoms with Crippen LogP contribution >= 0.6 is 11.8 Å². The zero-order chi connectivity index (χ0) is 24.4. The molecule has 35 heavy (non-hydrogen) atoms. The number of nitro groups is 1. The number of hydrogen-bond donors (Lipinski definition) is 0. The van der Waals surface area contributed by atoms with Gasteiger partial charge in [-0.2, -0.15) is 0 Å². The number of benzene rings is 3. The molecule has 0 unspecified atom stereocenters. The molecule has 0 atom stereocenters. The first-order valence-electron chi connectivity index (χ1n) is 10.8. The number of hydrogen-bond acceptors (Lipinski definition) is 8. The van der Waals surface area contributed by atoms with Gasteiger partial charge >= 0.3 is 0 Å². The Morgan fingerprint density at radius 1 is 1.14 bits per heavy atom. The first-order chi connectivity index (χ1) is 17.0. The summed E-state index contributed by atoms with van der Waals surface area (Å²) in [7, 11) is 1.62. The highest BCUT2D eigenvalue weighted by atomic mass is 32.2. The summed E-state index contributed by atoms with van der Waals surface area (Å²) in [5.74, 6) is 2.43. The van der Waals surface area contributed by atoms with Gasteiger partial charge in [-0.05, 0) is 31.2 Å². The molecule has 3 aromatic carbocycles. The van der Waals surface area contributed by atoms with Gasteiger partial charge < -0.3 is 14.2 Å². The van der Waals surface area contributed by atoms with Gasteiger partial charge in [0, 0.05) is 40.3 Å². The van der Waals surface area contributed by atoms with Crippen molar-refractivity contribution in [1.29, 1.82) is 0 Å². The van der Waals surface area contributed by atoms with Gasteiger partial charge in [0.2, 0.25) is 0 Å². The van der Waals surface area contributed by atoms with E-state index in [0.29, 0.717) is 33.6 Å². The van der Waals surface area contributed by atoms with Gasteiger partial charge in [-0.15, -0.1) is 10.2 Å². The summed E-state index contributed by atoms with van der Waals surface area (Å²) in [4.78, 5) is 11.1. The standard InChI is InChI=1S/C25H22N4O5S/c1-16-6-8-20(9-7-16)28-24(17-4-3-5-22(12-17)32-2)26-27-25(28)35-14-19-11-21(29(30)31)10-18-13-33-15-34-23(18)19/h3-12H,13-15H2,1-2H3. The zero-order valence-electron chi connectivity index (χ0n) is 19.1. The molecule has 1 aliphatic heterocycles. The van der Waals surface area contributed by atoms with Crippen LogP contribution in [0.3, 0.4) is 0 Å². The number of rotatable bonds is 7. The van der Waals surface area contributed by atoms with E-state index in [9.17, 15) is 10.1 Å². The number of thioether (sulfide) groups is 1. The highest BCUT2D eigenvalue weighted by Gasteiger charge is 2.23. The van der Waals surface area contributed by atoms with E-state index >= 15 is 0 Å². The van der Waals surface area contributed by atoms with Gasteiger partial charge in [0.25, 0.3) is 5.69 Å². The molecule has 0 aliphatic carbocycles. The van der Waals surface area contributed by atoms with Crippen LogP contribution in [-0.2, 0) is 17.1 Å². The van der Waals surface area contributed by atoms with Crippen LogP contribution in [0.2, 0.25) is 0 Å². The number of nitrogens with zero attached hydrogens (tertiary/aromatic N) is 4. The topological polar surface area (TPSA) is 102 Å². The summed E-state index contributed by atoms with van der Waals surface area (Å²) in [5.41, 5.74) is 4.29. The summed E-state index contributed by atoms with van der Waals surface area (Å²) in [5, 5.41) is 21.1. The van der Waals surface area contributed by atoms with E-state index in [4.69, 9.17) is 14.2 Å². The summed E-state index contributed by atoms with van der Waals surface area (Å²) in [6.07, 6.45) is 0. The third kappa shape index (κ3) is 4.71. The van der Waals surface area contributed by atoms with Crippen molar-refractivity contribution in [3.63, 3.8) is 0 Å². The Kier molecular flexibility index (Phi) is 6.39. The number of non-ortho nitro benzene ring substituents is 1. The fraction of sp³-hybridized carbons (Fsp3) is 0.200. The van der Waals surface area contributed by atoms with Crippen molar-refractivity contribution in [3.8, 4) is 28.6 Å². The second-order valence-electron chi connectivity index (χ2n) is 7.96. The third-order valence-electron chi connectivity index (χ3n) is 5.59. The number of aryl methyl sites for hydroxylation is 1. The maximum atomic E-state index is 11.5. The lowest BCUT2D eigenvalue weighted by Gasteiger charge is -2.20. The number of fused-ring (bicyclic) bond motifs is 1. The fourth-order valence-electron chi connectivity index (χ4n) is 3.87. The first kappa shape index (κ1) is 22.9. The minimum Gasteiger partial charge on any atom is -0.497 e. The predicted octanol–water partition coefficient (Wildman–Crippen LogP) is 5.32. The minimum atomic E-state index is -0.404. The smallest absolute Gasteiger partial charge is 0.270 e. The van der Waals surface area contributed by atoms with Crippen LogP contribution in [0.1, 0.15) is 16.7 Å². The molecule has 178 valence electrons. The molecule has 0 saturated carbocycles. The molecule has 4 aromatic rings. The minimum absolute atomic E-state index is 0.00511. The summed E-state index contributed by atoms with van der Waals surface area (Å²) >= 11 is 1.43. The van der Waals surface area contributed by atoms with Crippen LogP contribution < -0.4 is 9.47 Å². The van der Waals surface area contributed by atoms with E-state index in [0.717, 1.165) is 22.6 Å². The van der Waals surface area contributed by atoms with Crippen LogP contribution in [0.25, 0.3) is 17.1 Å². The van der Waals surface area contributed by atoms with Crippen LogP contribution in [0, 0.1) is 17.0 Å². The molecular formula is C25H22N4O5S. The Balaban J connectivity index is 1.55. The SMILES string of the molecule is COc1cccc(-c2nnc(SCc3cc([N+](=O)[O-])cc4c3OCOC4)n2-c2ccc(C)cc2)c1. The van der Waals surface area contributed by atoms with E-state index in [1.165, 1.54) is 17.8 Å². The molecule has 0 N–H and O–H groups in total. The second kappa shape index (κ2) is 9.77. The molecule has 1 aromatic heterocycles. The lowest BCUT2D eigenvalue weighted by Crippen LogP contribution is -2.13. The van der Waals surface area contributed by atoms with E-state index in [-0.39, 0.29) is 19.1 Å². The van der Waals surface area contributed by atoms with Crippen molar-refractivity contribution in [2.75, 3.05) is 13.9 Å². The van der Waals surface area contributed by atoms with E-state index in [1.807, 2.05) is 60.0 Å². The van der Waals surface area contributed by atoms with Crippen LogP contribution in [-0.4, -0.2) is 33.6 Å². The Morgan fingerprint density at radius 3 is 2.74 bits per heavy atom. The van der Waals surface area contributed by atoms with Crippen LogP contribution in [0.15, 0.2) is 65.8 Å². The lowest BCUT2D eigenvalue weighted by molar-refractivity contribution is -0.385. The zero-order valence-corrected chi connectivity index (χ0v) is 19.9. The van der Waals surface area contributed by atoms with Gasteiger partial charge in [-0.25, -0.2) is 0 Å². The van der Waals surface area contributed by atoms with Crippen molar-refractivity contribution in [1.82, 2.24) is 14.8 Å². The summed E-state index contributed by atoms with van der Waals surface area (Å²) in [6, 6.07) is 18.8. The Hall–Kier alpha value is -3.89. The van der Waals surface area contributed by atoms with Gasteiger partial charge in [-0.3, -0.25) is 14.7 Å². The highest BCUT2D eigenvalue weighted by molar-refractivity contribution is 7.98. The molecule has 0 saturated heterocycles. The maximum absolute atomic E-state index is 11.5. The molecule has 2 heterocycles. The van der Waals surface area contributed by atoms with Gasteiger partial charge in [-0.1, -0.05) is 41.6 Å². The average Bonchev–Trinajstić information content (AvgIpc) is 3.31. The largest absolute Gasteiger partial charge is 0.497 e. The summed E-state index contributed by atoms with van der Waals surface area (Å²) in [6.45, 7) is 2.42. The normalized spacial score (nSPS) is 12.6. The van der Waals surface area contributed by atoms with Crippen LogP contribution in [0.5, 0.6) is 11.5 Å². The lowest BCUT2D eigenvalue weighted by atomic mass is 10.1. The molecular weight excluding hydrogens is 468 g/mol. The number of ether oxygens (including phenoxy) is 3. The van der Waals surface area contributed by atoms with E-state index in [2.05, 4.69) is 10.2 Å². The van der Waals surface area contributed by atoms with Crippen molar-refractivity contribution in [3.05, 3.63) is 87.5 Å². The van der Waals surface area contributed by atoms with Crippen LogP contribution in [0.4, 0.5) is 5.69 Å². The van der Waals surface area contributed by atoms with E-state index in [1.54, 1.807) is 13.2 Å². The molecule has 9 nitrogen and oxygen atoms in total. The maximum Gasteiger partial charge on any atom is 0.270 e. The molecule has 0 amide bonds. The van der Waals surface area contributed by atoms with Gasteiger partial charge in [0.05, 0.1) is 18.6 Å². The second-order valence-corrected chi connectivity index (χ2v) is 8.90. The molecule has 0 radical (unpaired) electrons. The number of aromatic nitrogens is 3. The van der Waals surface area contributed by atoms with Crippen molar-refractivity contribution in [2.24, 2.45) is 0 Å². The fourth-order valence-corrected chi connectivity index (χ4v) is 4.79. The van der Waals surface area contributed by atoms with Crippen molar-refractivity contribution in [2.45, 2.75) is 24.4 Å². The summed E-state index contributed by atoms with van der Waals surface area (Å²) < 4.78 is 18.4. The Labute approximate surface area is 205 Å². The first-order valence-corrected chi connectivity index (χ1v) is 11.8. The Bertz CT molecular complexity index is 1390. The quantitative estimate of drug-likeness (QED) is 0.195. The molecule has 0 fully saturated rings. The number of nitro benzene ring substituents is 1. The van der Waals surface area contributed by atoms with Crippen molar-refractivity contribution >= 4 is 17.4 Å². The predicted molar refractivity (Wildman–Crippen MR) is 131 cm³/mol. The molecule has 10 heteroatoms. The average molecular weight is 491 g/mol. The molecule has 1 aliphatic rings. The van der Waals surface area contributed by atoms with Gasteiger partial charge in [0.15, 0.2) is 17.8 Å². The molecule has 0 spiro atoms.